The zero-order valence-corrected chi connectivity index (χ0v) is 22.2. The van der Waals surface area contributed by atoms with Gasteiger partial charge in [0.25, 0.3) is 5.91 Å². The molecule has 3 heterocycles. The van der Waals surface area contributed by atoms with Crippen LogP contribution in [0.25, 0.3) is 10.9 Å². The lowest BCUT2D eigenvalue weighted by Gasteiger charge is -2.40. The number of likely N-dealkylation sites (tertiary alicyclic amines) is 1. The summed E-state index contributed by atoms with van der Waals surface area (Å²) >= 11 is 0. The molecule has 0 aliphatic carbocycles. The second kappa shape index (κ2) is 11.1. The van der Waals surface area contributed by atoms with Gasteiger partial charge in [0, 0.05) is 67.6 Å². The molecule has 204 valence electrons. The minimum atomic E-state index is -0.657. The van der Waals surface area contributed by atoms with Crippen LogP contribution in [0.5, 0.6) is 0 Å². The third-order valence-corrected chi connectivity index (χ3v) is 7.48. The number of carbonyl (C=O) groups is 2. The summed E-state index contributed by atoms with van der Waals surface area (Å²) in [5, 5.41) is 11.5. The first-order valence-electron chi connectivity index (χ1n) is 13.1. The second-order valence-electron chi connectivity index (χ2n) is 10.5. The van der Waals surface area contributed by atoms with E-state index in [9.17, 15) is 18.4 Å². The molecule has 0 bridgehead atoms. The van der Waals surface area contributed by atoms with Crippen LogP contribution in [0.4, 0.5) is 8.78 Å². The van der Waals surface area contributed by atoms with Gasteiger partial charge in [0.1, 0.15) is 11.6 Å². The van der Waals surface area contributed by atoms with Gasteiger partial charge in [0.15, 0.2) is 0 Å². The number of benzene rings is 2. The van der Waals surface area contributed by atoms with Crippen molar-refractivity contribution in [3.8, 4) is 0 Å². The summed E-state index contributed by atoms with van der Waals surface area (Å²) in [6, 6.07) is 8.30. The van der Waals surface area contributed by atoms with Gasteiger partial charge in [-0.2, -0.15) is 5.10 Å². The number of H-pyrrole nitrogens is 1. The Labute approximate surface area is 225 Å². The zero-order valence-electron chi connectivity index (χ0n) is 22.2. The molecule has 0 radical (unpaired) electrons. The van der Waals surface area contributed by atoms with Crippen molar-refractivity contribution >= 4 is 28.9 Å². The molecule has 3 aromatic rings. The second-order valence-corrected chi connectivity index (χ2v) is 10.5. The first-order chi connectivity index (χ1) is 18.7. The van der Waals surface area contributed by atoms with E-state index in [1.807, 2.05) is 25.3 Å². The molecule has 1 unspecified atom stereocenters. The number of hydrogen-bond donors (Lipinski definition) is 2. The number of hydrogen-bond acceptors (Lipinski definition) is 5. The fraction of sp³-hybridized carbons (Fsp3) is 0.379. The van der Waals surface area contributed by atoms with Crippen LogP contribution < -0.4 is 5.32 Å². The lowest BCUT2D eigenvalue weighted by atomic mass is 9.95. The van der Waals surface area contributed by atoms with Crippen LogP contribution in [-0.2, 0) is 11.3 Å². The predicted molar refractivity (Wildman–Crippen MR) is 145 cm³/mol. The first-order valence-corrected chi connectivity index (χ1v) is 13.1. The summed E-state index contributed by atoms with van der Waals surface area (Å²) in [5.41, 5.74) is 3.05. The van der Waals surface area contributed by atoms with Crippen molar-refractivity contribution in [3.63, 3.8) is 0 Å². The molecule has 1 fully saturated rings. The highest BCUT2D eigenvalue weighted by Crippen LogP contribution is 2.30. The van der Waals surface area contributed by atoms with Gasteiger partial charge in [-0.3, -0.25) is 24.6 Å². The fourth-order valence-corrected chi connectivity index (χ4v) is 5.44. The van der Waals surface area contributed by atoms with Crippen LogP contribution >= 0.6 is 0 Å². The number of piperidine rings is 1. The highest BCUT2D eigenvalue weighted by atomic mass is 19.1. The van der Waals surface area contributed by atoms with E-state index in [0.29, 0.717) is 18.4 Å². The van der Waals surface area contributed by atoms with Gasteiger partial charge in [-0.25, -0.2) is 8.78 Å². The number of halogens is 2. The largest absolute Gasteiger partial charge is 0.348 e. The number of carbonyl (C=O) groups excluding carboxylic acids is 2. The lowest BCUT2D eigenvalue weighted by molar-refractivity contribution is -0.136. The third-order valence-electron chi connectivity index (χ3n) is 7.48. The molecule has 3 atom stereocenters. The minimum Gasteiger partial charge on any atom is -0.348 e. The van der Waals surface area contributed by atoms with Crippen LogP contribution in [0.3, 0.4) is 0 Å². The highest BCUT2D eigenvalue weighted by molar-refractivity contribution is 5.98. The monoisotopic (exact) mass is 534 g/mol. The van der Waals surface area contributed by atoms with Crippen molar-refractivity contribution in [2.45, 2.75) is 50.7 Å². The average molecular weight is 535 g/mol. The molecule has 1 saturated heterocycles. The molecule has 2 amide bonds. The van der Waals surface area contributed by atoms with Gasteiger partial charge in [-0.15, -0.1) is 0 Å². The van der Waals surface area contributed by atoms with Gasteiger partial charge in [-0.1, -0.05) is 12.1 Å². The summed E-state index contributed by atoms with van der Waals surface area (Å²) in [6.07, 6.45) is 5.74. The maximum Gasteiger partial charge on any atom is 0.251 e. The summed E-state index contributed by atoms with van der Waals surface area (Å²) < 4.78 is 28.9. The smallest absolute Gasteiger partial charge is 0.251 e. The number of rotatable bonds is 6. The SMILES string of the molecule is CC1=CC(c2[nH]nc3ccc(C(=O)N[C@@H]4CC[C@@H](C(=O)N(C)C)N(Cc5c(F)cccc5F)C4)cc23)CC=N1. The number of fused-ring (bicyclic) bond motifs is 1. The number of amides is 2. The van der Waals surface area contributed by atoms with E-state index in [1.165, 1.54) is 23.1 Å². The molecule has 2 N–H and O–H groups in total. The van der Waals surface area contributed by atoms with Gasteiger partial charge in [0.2, 0.25) is 5.91 Å². The van der Waals surface area contributed by atoms with E-state index >= 15 is 0 Å². The van der Waals surface area contributed by atoms with E-state index in [4.69, 9.17) is 0 Å². The number of aromatic nitrogens is 2. The van der Waals surface area contributed by atoms with Crippen LogP contribution in [-0.4, -0.2) is 70.7 Å². The highest BCUT2D eigenvalue weighted by Gasteiger charge is 2.35. The number of likely N-dealkylation sites (N-methyl/N-ethyl adjacent to an activating group) is 1. The molecule has 0 spiro atoms. The maximum atomic E-state index is 14.5. The van der Waals surface area contributed by atoms with Gasteiger partial charge >= 0.3 is 0 Å². The van der Waals surface area contributed by atoms with E-state index in [1.54, 1.807) is 25.1 Å². The van der Waals surface area contributed by atoms with Crippen LogP contribution in [0.2, 0.25) is 0 Å². The number of aliphatic imine (C=N–C) groups is 1. The number of nitrogens with zero attached hydrogens (tertiary/aromatic N) is 4. The maximum absolute atomic E-state index is 14.5. The summed E-state index contributed by atoms with van der Waals surface area (Å²) in [7, 11) is 3.32. The molecule has 2 aliphatic rings. The molecule has 8 nitrogen and oxygen atoms in total. The van der Waals surface area contributed by atoms with Crippen molar-refractivity contribution in [2.24, 2.45) is 4.99 Å². The molecular formula is C29H32F2N6O2. The van der Waals surface area contributed by atoms with E-state index < -0.39 is 17.7 Å². The van der Waals surface area contributed by atoms with Crippen molar-refractivity contribution in [2.75, 3.05) is 20.6 Å². The van der Waals surface area contributed by atoms with Gasteiger partial charge in [-0.05, 0) is 56.5 Å². The fourth-order valence-electron chi connectivity index (χ4n) is 5.44. The van der Waals surface area contributed by atoms with E-state index in [-0.39, 0.29) is 42.4 Å². The van der Waals surface area contributed by atoms with Crippen molar-refractivity contribution in [1.29, 1.82) is 0 Å². The molecule has 2 aliphatic heterocycles. The minimum absolute atomic E-state index is 0.0723. The summed E-state index contributed by atoms with van der Waals surface area (Å²) in [4.78, 5) is 33.8. The Bertz CT molecular complexity index is 1440. The van der Waals surface area contributed by atoms with Gasteiger partial charge < -0.3 is 10.2 Å². The third kappa shape index (κ3) is 5.61. The normalized spacial score (nSPS) is 21.6. The Balaban J connectivity index is 1.34. The molecule has 1 aromatic heterocycles. The van der Waals surface area contributed by atoms with Crippen molar-refractivity contribution in [3.05, 3.63) is 76.6 Å². The lowest BCUT2D eigenvalue weighted by Crippen LogP contribution is -2.56. The molecule has 39 heavy (non-hydrogen) atoms. The van der Waals surface area contributed by atoms with E-state index in [2.05, 4.69) is 26.6 Å². The quantitative estimate of drug-likeness (QED) is 0.497. The molecule has 10 heteroatoms. The molecule has 2 aromatic carbocycles. The van der Waals surface area contributed by atoms with Crippen LogP contribution in [0, 0.1) is 11.6 Å². The van der Waals surface area contributed by atoms with Gasteiger partial charge in [0.05, 0.1) is 17.3 Å². The standard InChI is InChI=1S/C29H32F2N6O2/c1-17-13-18(11-12-32-17)27-21-14-19(7-9-25(21)34-35-27)28(38)33-20-8-10-26(29(39)36(2)3)37(15-20)16-22-23(30)5-4-6-24(22)31/h4-7,9,12-14,18,20,26H,8,10-11,15-16H2,1-3H3,(H,33,38)(H,34,35)/t18?,20-,26+/m1/s1. The number of nitrogens with one attached hydrogen (secondary N) is 2. The first kappa shape index (κ1) is 26.7. The predicted octanol–water partition coefficient (Wildman–Crippen LogP) is 4.15. The Hall–Kier alpha value is -3.92. The Morgan fingerprint density at radius 1 is 1.15 bits per heavy atom. The number of aromatic amines is 1. The zero-order chi connectivity index (χ0) is 27.7. The Morgan fingerprint density at radius 3 is 2.64 bits per heavy atom. The topological polar surface area (TPSA) is 93.7 Å². The Kier molecular flexibility index (Phi) is 7.56. The van der Waals surface area contributed by atoms with Crippen LogP contribution in [0.15, 0.2) is 53.2 Å². The molecular weight excluding hydrogens is 502 g/mol. The van der Waals surface area contributed by atoms with E-state index in [0.717, 1.165) is 28.7 Å². The number of allylic oxidation sites excluding steroid dienone is 2. The average Bonchev–Trinajstić information content (AvgIpc) is 3.34. The van der Waals surface area contributed by atoms with Crippen LogP contribution in [0.1, 0.15) is 53.7 Å². The summed E-state index contributed by atoms with van der Waals surface area (Å²) in [5.74, 6) is -1.60. The Morgan fingerprint density at radius 2 is 1.92 bits per heavy atom. The summed E-state index contributed by atoms with van der Waals surface area (Å²) in [6.45, 7) is 2.16. The molecule has 0 saturated carbocycles. The molecule has 5 rings (SSSR count). The van der Waals surface area contributed by atoms with Crippen molar-refractivity contribution in [1.82, 2.24) is 25.3 Å². The van der Waals surface area contributed by atoms with Crippen molar-refractivity contribution < 1.29 is 18.4 Å².